The summed E-state index contributed by atoms with van der Waals surface area (Å²) in [6.07, 6.45) is 3.15. The standard InChI is InChI=1S/C35H27NS.C10H12S.C2H6/c1-26-12-18-31(19-13-26)36(32-20-14-28(15-21-32)27-8-4-2-5-9-27)33-22-16-30(17-23-33)35-25-24-34(37-35)29-10-6-3-7-11-29;1-2-6-10(11)9-7-4-3-5-8-9;1-2/h2-25H,1H3;3-8,11H,2H2,1H3;1-2H3/b;10-6-;. The second-order valence-electron chi connectivity index (χ2n) is 11.5. The summed E-state index contributed by atoms with van der Waals surface area (Å²) in [7, 11) is 0. The van der Waals surface area contributed by atoms with Crippen LogP contribution in [0.1, 0.15) is 38.3 Å². The SMILES string of the molecule is CC.CC/C=C(\S)c1ccccc1.Cc1ccc(N(c2ccc(-c3ccccc3)cc2)c2ccc(-c3ccc(-c4ccccc4)s3)cc2)cc1. The van der Waals surface area contributed by atoms with Crippen molar-refractivity contribution in [2.24, 2.45) is 0 Å². The zero-order valence-corrected chi connectivity index (χ0v) is 31.0. The van der Waals surface area contributed by atoms with Crippen molar-refractivity contribution in [2.75, 3.05) is 4.90 Å². The van der Waals surface area contributed by atoms with Gasteiger partial charge in [-0.05, 0) is 89.7 Å². The van der Waals surface area contributed by atoms with Gasteiger partial charge in [-0.1, -0.05) is 160 Å². The first-order valence-corrected chi connectivity index (χ1v) is 18.6. The summed E-state index contributed by atoms with van der Waals surface area (Å²) in [6, 6.07) is 62.2. The molecule has 0 N–H and O–H groups in total. The lowest BCUT2D eigenvalue weighted by molar-refractivity contribution is 1.23. The summed E-state index contributed by atoms with van der Waals surface area (Å²) in [5.74, 6) is 0. The average molecular weight is 688 g/mol. The van der Waals surface area contributed by atoms with Crippen molar-refractivity contribution in [2.45, 2.75) is 34.1 Å². The molecule has 50 heavy (non-hydrogen) atoms. The zero-order valence-electron chi connectivity index (χ0n) is 29.3. The summed E-state index contributed by atoms with van der Waals surface area (Å²) < 4.78 is 0. The van der Waals surface area contributed by atoms with Crippen molar-refractivity contribution in [3.8, 4) is 32.0 Å². The van der Waals surface area contributed by atoms with Gasteiger partial charge in [0.1, 0.15) is 0 Å². The highest BCUT2D eigenvalue weighted by Gasteiger charge is 2.14. The molecule has 1 nitrogen and oxygen atoms in total. The summed E-state index contributed by atoms with van der Waals surface area (Å²) in [6.45, 7) is 8.24. The molecule has 0 aliphatic carbocycles. The Morgan fingerprint density at radius 3 is 1.36 bits per heavy atom. The van der Waals surface area contributed by atoms with Crippen LogP contribution in [0.3, 0.4) is 0 Å². The lowest BCUT2D eigenvalue weighted by atomic mass is 10.0. The van der Waals surface area contributed by atoms with Gasteiger partial charge in [-0.15, -0.1) is 24.0 Å². The Morgan fingerprint density at radius 1 is 0.500 bits per heavy atom. The fourth-order valence-electron chi connectivity index (χ4n) is 5.52. The number of benzene rings is 6. The van der Waals surface area contributed by atoms with Crippen LogP contribution in [0.25, 0.3) is 36.9 Å². The van der Waals surface area contributed by atoms with Gasteiger partial charge in [-0.25, -0.2) is 0 Å². The van der Waals surface area contributed by atoms with Gasteiger partial charge in [-0.3, -0.25) is 0 Å². The van der Waals surface area contributed by atoms with Gasteiger partial charge >= 0.3 is 0 Å². The maximum atomic E-state index is 4.36. The zero-order chi connectivity index (χ0) is 35.1. The molecule has 0 aliphatic rings. The smallest absolute Gasteiger partial charge is 0.0462 e. The van der Waals surface area contributed by atoms with E-state index in [-0.39, 0.29) is 0 Å². The Kier molecular flexibility index (Phi) is 13.5. The van der Waals surface area contributed by atoms with E-state index in [2.05, 4.69) is 195 Å². The normalized spacial score (nSPS) is 10.7. The number of anilines is 3. The van der Waals surface area contributed by atoms with Crippen LogP contribution >= 0.6 is 24.0 Å². The molecule has 0 saturated heterocycles. The maximum absolute atomic E-state index is 4.36. The van der Waals surface area contributed by atoms with Crippen LogP contribution < -0.4 is 4.90 Å². The summed E-state index contributed by atoms with van der Waals surface area (Å²) in [5, 5.41) is 0. The van der Waals surface area contributed by atoms with Gasteiger partial charge in [0.2, 0.25) is 0 Å². The van der Waals surface area contributed by atoms with E-state index in [4.69, 9.17) is 0 Å². The molecular weight excluding hydrogens is 643 g/mol. The number of hydrogen-bond donors (Lipinski definition) is 1. The molecule has 0 fully saturated rings. The number of thiophene rings is 1. The number of aryl methyl sites for hydroxylation is 1. The molecule has 0 saturated carbocycles. The van der Waals surface area contributed by atoms with E-state index < -0.39 is 0 Å². The van der Waals surface area contributed by atoms with E-state index in [9.17, 15) is 0 Å². The molecular formula is C47H45NS2. The third-order valence-electron chi connectivity index (χ3n) is 8.07. The fraction of sp³-hybridized carbons (Fsp3) is 0.106. The van der Waals surface area contributed by atoms with Crippen LogP contribution in [0.2, 0.25) is 0 Å². The lowest BCUT2D eigenvalue weighted by Gasteiger charge is -2.26. The molecule has 7 aromatic rings. The van der Waals surface area contributed by atoms with Crippen LogP contribution in [-0.2, 0) is 0 Å². The van der Waals surface area contributed by atoms with Gasteiger partial charge in [0, 0.05) is 31.7 Å². The average Bonchev–Trinajstić information content (AvgIpc) is 3.69. The number of nitrogens with zero attached hydrogens (tertiary/aromatic N) is 1. The maximum Gasteiger partial charge on any atom is 0.0462 e. The van der Waals surface area contributed by atoms with Crippen molar-refractivity contribution < 1.29 is 0 Å². The highest BCUT2D eigenvalue weighted by atomic mass is 32.1. The van der Waals surface area contributed by atoms with Crippen LogP contribution in [0.15, 0.2) is 182 Å². The molecule has 0 amide bonds. The van der Waals surface area contributed by atoms with Crippen molar-refractivity contribution in [3.63, 3.8) is 0 Å². The predicted octanol–water partition coefficient (Wildman–Crippen LogP) is 14.9. The van der Waals surface area contributed by atoms with Crippen molar-refractivity contribution in [1.29, 1.82) is 0 Å². The monoisotopic (exact) mass is 687 g/mol. The van der Waals surface area contributed by atoms with Crippen molar-refractivity contribution in [3.05, 3.63) is 193 Å². The number of hydrogen-bond acceptors (Lipinski definition) is 3. The van der Waals surface area contributed by atoms with E-state index in [0.29, 0.717) is 0 Å². The molecule has 0 radical (unpaired) electrons. The summed E-state index contributed by atoms with van der Waals surface area (Å²) in [5.41, 5.74) is 10.8. The molecule has 0 bridgehead atoms. The van der Waals surface area contributed by atoms with Crippen molar-refractivity contribution in [1.82, 2.24) is 0 Å². The van der Waals surface area contributed by atoms with Gasteiger partial charge in [0.25, 0.3) is 0 Å². The molecule has 0 unspecified atom stereocenters. The Labute approximate surface area is 308 Å². The quantitative estimate of drug-likeness (QED) is 0.156. The van der Waals surface area contributed by atoms with Gasteiger partial charge in [0.05, 0.1) is 0 Å². The van der Waals surface area contributed by atoms with E-state index in [0.717, 1.165) is 28.4 Å². The van der Waals surface area contributed by atoms with E-state index in [1.807, 2.05) is 43.4 Å². The highest BCUT2D eigenvalue weighted by molar-refractivity contribution is 7.90. The predicted molar refractivity (Wildman–Crippen MR) is 225 cm³/mol. The molecule has 1 heterocycles. The first kappa shape index (κ1) is 36.2. The van der Waals surface area contributed by atoms with Crippen LogP contribution in [0, 0.1) is 6.92 Å². The van der Waals surface area contributed by atoms with E-state index >= 15 is 0 Å². The van der Waals surface area contributed by atoms with Crippen molar-refractivity contribution >= 4 is 45.9 Å². The van der Waals surface area contributed by atoms with E-state index in [1.54, 1.807) is 0 Å². The summed E-state index contributed by atoms with van der Waals surface area (Å²) >= 11 is 6.19. The second kappa shape index (κ2) is 18.6. The Bertz CT molecular complexity index is 2030. The first-order chi connectivity index (χ1) is 24.6. The molecule has 250 valence electrons. The third kappa shape index (κ3) is 9.53. The topological polar surface area (TPSA) is 3.24 Å². The molecule has 3 heteroatoms. The molecule has 0 aliphatic heterocycles. The van der Waals surface area contributed by atoms with Crippen LogP contribution in [0.4, 0.5) is 17.1 Å². The minimum atomic E-state index is 1.04. The fourth-order valence-corrected chi connectivity index (χ4v) is 6.87. The Balaban J connectivity index is 0.000000318. The van der Waals surface area contributed by atoms with Crippen LogP contribution in [0.5, 0.6) is 0 Å². The Hall–Kier alpha value is -5.09. The lowest BCUT2D eigenvalue weighted by Crippen LogP contribution is -2.09. The molecule has 0 atom stereocenters. The number of allylic oxidation sites excluding steroid dienone is 1. The molecule has 1 aromatic heterocycles. The molecule has 6 aromatic carbocycles. The summed E-state index contributed by atoms with van der Waals surface area (Å²) in [4.78, 5) is 5.95. The molecule has 7 rings (SSSR count). The largest absolute Gasteiger partial charge is 0.311 e. The third-order valence-corrected chi connectivity index (χ3v) is 9.69. The Morgan fingerprint density at radius 2 is 0.880 bits per heavy atom. The second-order valence-corrected chi connectivity index (χ2v) is 13.1. The van der Waals surface area contributed by atoms with Crippen LogP contribution in [-0.4, -0.2) is 0 Å². The number of rotatable bonds is 8. The van der Waals surface area contributed by atoms with Gasteiger partial charge in [0.15, 0.2) is 0 Å². The minimum absolute atomic E-state index is 1.04. The first-order valence-electron chi connectivity index (χ1n) is 17.3. The van der Waals surface area contributed by atoms with Gasteiger partial charge < -0.3 is 4.90 Å². The van der Waals surface area contributed by atoms with Gasteiger partial charge in [-0.2, -0.15) is 0 Å². The minimum Gasteiger partial charge on any atom is -0.311 e. The highest BCUT2D eigenvalue weighted by Crippen LogP contribution is 2.39. The molecule has 0 spiro atoms. The number of thiol groups is 1. The van der Waals surface area contributed by atoms with E-state index in [1.165, 1.54) is 43.1 Å².